The van der Waals surface area contributed by atoms with Gasteiger partial charge in [-0.3, -0.25) is 0 Å². The van der Waals surface area contributed by atoms with Crippen molar-refractivity contribution in [3.05, 3.63) is 108 Å². The van der Waals surface area contributed by atoms with Crippen molar-refractivity contribution in [3.63, 3.8) is 0 Å². The molecule has 57 heavy (non-hydrogen) atoms. The number of hydrogen-bond donors (Lipinski definition) is 0. The smallest absolute Gasteiger partial charge is 0.148 e. The molecular formula is C39H24N12S6. The highest BCUT2D eigenvalue weighted by molar-refractivity contribution is 7.19. The molecule has 0 saturated heterocycles. The van der Waals surface area contributed by atoms with Crippen LogP contribution in [0.3, 0.4) is 0 Å². The molecule has 0 unspecified atom stereocenters. The molecule has 0 amide bonds. The number of aryl methyl sites for hydroxylation is 3. The summed E-state index contributed by atoms with van der Waals surface area (Å²) >= 11 is 8.72. The molecule has 0 N–H and O–H groups in total. The number of nitrogens with zero attached hydrogens (tertiary/aromatic N) is 12. The van der Waals surface area contributed by atoms with Gasteiger partial charge < -0.3 is 0 Å². The number of benzene rings is 4. The Morgan fingerprint density at radius 2 is 0.526 bits per heavy atom. The Labute approximate surface area is 349 Å². The van der Waals surface area contributed by atoms with Gasteiger partial charge in [-0.25, -0.2) is 15.0 Å². The van der Waals surface area contributed by atoms with Gasteiger partial charge in [0.1, 0.15) is 62.5 Å². The van der Waals surface area contributed by atoms with E-state index in [0.717, 1.165) is 113 Å². The molecule has 6 heterocycles. The lowest BCUT2D eigenvalue weighted by Crippen LogP contribution is -1.86. The second-order valence-electron chi connectivity index (χ2n) is 12.7. The van der Waals surface area contributed by atoms with Gasteiger partial charge in [-0.1, -0.05) is 88.6 Å². The van der Waals surface area contributed by atoms with Crippen molar-refractivity contribution < 1.29 is 0 Å². The van der Waals surface area contributed by atoms with E-state index in [1.54, 1.807) is 0 Å². The van der Waals surface area contributed by atoms with E-state index in [2.05, 4.69) is 95.1 Å². The van der Waals surface area contributed by atoms with Gasteiger partial charge in [0.15, 0.2) is 0 Å². The summed E-state index contributed by atoms with van der Waals surface area (Å²) in [6.07, 6.45) is 0. The van der Waals surface area contributed by atoms with Crippen LogP contribution in [-0.4, -0.2) is 58.7 Å². The number of rotatable bonds is 9. The highest BCUT2D eigenvalue weighted by Gasteiger charge is 2.19. The molecule has 0 aliphatic carbocycles. The molecule has 10 aromatic rings. The third-order valence-corrected chi connectivity index (χ3v) is 14.2. The molecule has 10 rings (SSSR count). The van der Waals surface area contributed by atoms with Gasteiger partial charge >= 0.3 is 0 Å². The molecule has 0 aliphatic rings. The van der Waals surface area contributed by atoms with Crippen LogP contribution < -0.4 is 0 Å². The van der Waals surface area contributed by atoms with Crippen LogP contribution in [0.4, 0.5) is 0 Å². The Kier molecular flexibility index (Phi) is 9.35. The van der Waals surface area contributed by atoms with Crippen molar-refractivity contribution in [2.24, 2.45) is 0 Å². The maximum absolute atomic E-state index is 4.68. The van der Waals surface area contributed by atoms with Crippen LogP contribution in [0.25, 0.3) is 95.1 Å². The topological polar surface area (TPSA) is 155 Å². The maximum atomic E-state index is 4.68. The highest BCUT2D eigenvalue weighted by Crippen LogP contribution is 2.41. The van der Waals surface area contributed by atoms with Crippen molar-refractivity contribution >= 4 is 68.6 Å². The SMILES string of the molecule is Cc1nsc(-c2cccc(-c3nnc(-c4cc(-c5nnc(-c6cccc(-c7nc(C)ns7)c6)s5)cc(-c5nnc(-c6cccc(-c7nc(C)ns7)c6)s5)c4)s3)c2)n1. The van der Waals surface area contributed by atoms with Crippen LogP contribution in [0.15, 0.2) is 91.0 Å². The minimum Gasteiger partial charge on any atom is -0.220 e. The third-order valence-electron chi connectivity index (χ3n) is 8.60. The molecule has 12 nitrogen and oxygen atoms in total. The summed E-state index contributed by atoms with van der Waals surface area (Å²) < 4.78 is 13.1. The molecule has 0 fully saturated rings. The summed E-state index contributed by atoms with van der Waals surface area (Å²) in [6.45, 7) is 5.69. The predicted molar refractivity (Wildman–Crippen MR) is 230 cm³/mol. The molecule has 0 atom stereocenters. The summed E-state index contributed by atoms with van der Waals surface area (Å²) in [6, 6.07) is 30.8. The van der Waals surface area contributed by atoms with E-state index < -0.39 is 0 Å². The predicted octanol–water partition coefficient (Wildman–Crippen LogP) is 10.7. The average Bonchev–Trinajstić information content (AvgIpc) is 4.10. The van der Waals surface area contributed by atoms with E-state index in [9.17, 15) is 0 Å². The molecule has 0 saturated carbocycles. The summed E-state index contributed by atoms with van der Waals surface area (Å²) in [4.78, 5) is 13.7. The van der Waals surface area contributed by atoms with Crippen LogP contribution in [0.2, 0.25) is 0 Å². The molecule has 0 spiro atoms. The van der Waals surface area contributed by atoms with E-state index in [1.165, 1.54) is 68.6 Å². The molecule has 4 aromatic carbocycles. The zero-order valence-corrected chi connectivity index (χ0v) is 34.9. The minimum absolute atomic E-state index is 0.757. The Hall–Kier alpha value is -5.76. The van der Waals surface area contributed by atoms with E-state index >= 15 is 0 Å². The van der Waals surface area contributed by atoms with Crippen LogP contribution in [0.1, 0.15) is 17.5 Å². The lowest BCUT2D eigenvalue weighted by Gasteiger charge is -2.05. The third kappa shape index (κ3) is 7.34. The fourth-order valence-corrected chi connectivity index (χ4v) is 10.4. The van der Waals surface area contributed by atoms with E-state index in [0.29, 0.717) is 0 Å². The van der Waals surface area contributed by atoms with Crippen LogP contribution >= 0.6 is 68.6 Å². The Bertz CT molecular complexity index is 2730. The summed E-state index contributed by atoms with van der Waals surface area (Å²) in [5.74, 6) is 2.27. The summed E-state index contributed by atoms with van der Waals surface area (Å²) in [5.41, 5.74) is 8.51. The Morgan fingerprint density at radius 3 is 0.772 bits per heavy atom. The van der Waals surface area contributed by atoms with Gasteiger partial charge in [0.2, 0.25) is 0 Å². The van der Waals surface area contributed by atoms with E-state index in [1.807, 2.05) is 75.4 Å². The lowest BCUT2D eigenvalue weighted by molar-refractivity contribution is 1.09. The fraction of sp³-hybridized carbons (Fsp3) is 0.0769. The normalized spacial score (nSPS) is 11.4. The van der Waals surface area contributed by atoms with Crippen LogP contribution in [0, 0.1) is 20.8 Å². The van der Waals surface area contributed by atoms with Crippen LogP contribution in [0.5, 0.6) is 0 Å². The minimum atomic E-state index is 0.757. The first-order valence-corrected chi connectivity index (χ1v) is 22.1. The zero-order chi connectivity index (χ0) is 38.5. The molecule has 6 aromatic heterocycles. The first kappa shape index (κ1) is 35.6. The van der Waals surface area contributed by atoms with Gasteiger partial charge in [-0.2, -0.15) is 13.1 Å². The molecule has 18 heteroatoms. The molecule has 0 aliphatic heterocycles. The Morgan fingerprint density at radius 1 is 0.298 bits per heavy atom. The molecule has 0 bridgehead atoms. The van der Waals surface area contributed by atoms with Crippen molar-refractivity contribution in [2.75, 3.05) is 0 Å². The highest BCUT2D eigenvalue weighted by atomic mass is 32.1. The zero-order valence-electron chi connectivity index (χ0n) is 30.0. The second kappa shape index (κ2) is 15.0. The van der Waals surface area contributed by atoms with Crippen molar-refractivity contribution in [1.29, 1.82) is 0 Å². The van der Waals surface area contributed by atoms with Gasteiger partial charge in [-0.05, 0) is 91.8 Å². The summed E-state index contributed by atoms with van der Waals surface area (Å²) in [5, 5.41) is 35.2. The fourth-order valence-electron chi connectivity index (χ4n) is 5.97. The quantitative estimate of drug-likeness (QED) is 0.136. The second-order valence-corrected chi connectivity index (χ2v) is 17.9. The molecular weight excluding hydrogens is 829 g/mol. The molecule has 0 radical (unpaired) electrons. The first-order valence-electron chi connectivity index (χ1n) is 17.3. The van der Waals surface area contributed by atoms with Crippen LogP contribution in [-0.2, 0) is 0 Å². The standard InChI is InChI=1S/C39H24N12S6/c1-19-40-31(55-49-19)22-7-4-10-25(13-22)34-43-46-37(52-34)28-16-29(38-47-44-35(53-38)26-11-5-8-23(14-26)32-41-20(2)50-56-32)18-30(17-28)39-48-45-36(54-39)27-12-6-9-24(15-27)33-42-21(3)51-57-33/h4-18H,1-3H3. The lowest BCUT2D eigenvalue weighted by atomic mass is 10.1. The maximum Gasteiger partial charge on any atom is 0.148 e. The van der Waals surface area contributed by atoms with Gasteiger partial charge in [-0.15, -0.1) is 30.6 Å². The van der Waals surface area contributed by atoms with Gasteiger partial charge in [0.25, 0.3) is 0 Å². The van der Waals surface area contributed by atoms with Crippen molar-refractivity contribution in [1.82, 2.24) is 58.7 Å². The van der Waals surface area contributed by atoms with E-state index in [4.69, 9.17) is 0 Å². The number of hydrogen-bond acceptors (Lipinski definition) is 18. The first-order chi connectivity index (χ1) is 27.9. The monoisotopic (exact) mass is 852 g/mol. The van der Waals surface area contributed by atoms with E-state index in [-0.39, 0.29) is 0 Å². The van der Waals surface area contributed by atoms with Gasteiger partial charge in [0, 0.05) is 50.1 Å². The Balaban J connectivity index is 1.03. The van der Waals surface area contributed by atoms with Crippen molar-refractivity contribution in [3.8, 4) is 95.1 Å². The van der Waals surface area contributed by atoms with Crippen molar-refractivity contribution in [2.45, 2.75) is 20.8 Å². The largest absolute Gasteiger partial charge is 0.220 e. The average molecular weight is 853 g/mol. The molecule has 276 valence electrons. The summed E-state index contributed by atoms with van der Waals surface area (Å²) in [7, 11) is 0. The number of aromatic nitrogens is 12. The van der Waals surface area contributed by atoms with Gasteiger partial charge in [0.05, 0.1) is 0 Å².